The lowest BCUT2D eigenvalue weighted by Gasteiger charge is -2.19. The van der Waals surface area contributed by atoms with E-state index in [-0.39, 0.29) is 29.6 Å². The molecule has 0 radical (unpaired) electrons. The molecule has 0 aromatic heterocycles. The topological polar surface area (TPSA) is 96.5 Å². The molecule has 0 unspecified atom stereocenters. The molecule has 2 rings (SSSR count). The second-order valence-electron chi connectivity index (χ2n) is 7.41. The van der Waals surface area contributed by atoms with Gasteiger partial charge in [-0.3, -0.25) is 9.59 Å². The monoisotopic (exact) mass is 451 g/mol. The van der Waals surface area contributed by atoms with E-state index in [1.165, 1.54) is 6.07 Å². The number of carbonyl (C=O) groups excluding carboxylic acids is 3. The summed E-state index contributed by atoms with van der Waals surface area (Å²) in [5.74, 6) is -0.772. The molecule has 0 aliphatic heterocycles. The summed E-state index contributed by atoms with van der Waals surface area (Å²) >= 11 is 12.0. The lowest BCUT2D eigenvalue weighted by molar-refractivity contribution is -0.120. The van der Waals surface area contributed by atoms with Crippen LogP contribution in [0, 0.1) is 0 Å². The van der Waals surface area contributed by atoms with Gasteiger partial charge < -0.3 is 20.7 Å². The third-order valence-corrected chi connectivity index (χ3v) is 4.20. The van der Waals surface area contributed by atoms with E-state index in [2.05, 4.69) is 16.0 Å². The van der Waals surface area contributed by atoms with E-state index in [1.807, 2.05) is 0 Å². The summed E-state index contributed by atoms with van der Waals surface area (Å²) in [4.78, 5) is 35.9. The molecule has 0 fully saturated rings. The minimum Gasteiger partial charge on any atom is -0.444 e. The average molecular weight is 452 g/mol. The molecule has 0 aliphatic carbocycles. The van der Waals surface area contributed by atoms with Gasteiger partial charge in [-0.05, 0) is 56.7 Å². The predicted octanol–water partition coefficient (Wildman–Crippen LogP) is 4.39. The van der Waals surface area contributed by atoms with Crippen LogP contribution in [0.2, 0.25) is 10.0 Å². The van der Waals surface area contributed by atoms with Crippen LogP contribution in [0.5, 0.6) is 0 Å². The van der Waals surface area contributed by atoms with Crippen LogP contribution in [0.4, 0.5) is 10.5 Å². The number of halogens is 2. The maximum atomic E-state index is 12.4. The summed E-state index contributed by atoms with van der Waals surface area (Å²) < 4.78 is 5.07. The van der Waals surface area contributed by atoms with Crippen molar-refractivity contribution < 1.29 is 19.1 Å². The molecule has 160 valence electrons. The highest BCUT2D eigenvalue weighted by atomic mass is 35.5. The first kappa shape index (κ1) is 23.5. The standard InChI is InChI=1S/C21H23Cl2N3O4/c1-21(2,3)30-20(29)25-12-18(27)24-11-13-5-4-6-15(9-13)26-19(28)16-10-14(22)7-8-17(16)23/h4-10H,11-12H2,1-3H3,(H,24,27)(H,25,29)(H,26,28). The molecule has 0 bridgehead atoms. The van der Waals surface area contributed by atoms with Crippen LogP contribution < -0.4 is 16.0 Å². The Morgan fingerprint density at radius 3 is 2.43 bits per heavy atom. The first-order chi connectivity index (χ1) is 14.0. The summed E-state index contributed by atoms with van der Waals surface area (Å²) in [6, 6.07) is 11.6. The van der Waals surface area contributed by atoms with Gasteiger partial charge >= 0.3 is 6.09 Å². The fourth-order valence-corrected chi connectivity index (χ4v) is 2.73. The highest BCUT2D eigenvalue weighted by Gasteiger charge is 2.16. The van der Waals surface area contributed by atoms with Crippen LogP contribution in [-0.4, -0.2) is 30.1 Å². The molecular weight excluding hydrogens is 429 g/mol. The van der Waals surface area contributed by atoms with Crippen molar-refractivity contribution in [2.75, 3.05) is 11.9 Å². The summed E-state index contributed by atoms with van der Waals surface area (Å²) in [5.41, 5.74) is 0.919. The number of rotatable bonds is 6. The number of hydrogen-bond donors (Lipinski definition) is 3. The third-order valence-electron chi connectivity index (χ3n) is 3.64. The van der Waals surface area contributed by atoms with E-state index in [9.17, 15) is 14.4 Å². The zero-order valence-corrected chi connectivity index (χ0v) is 18.4. The van der Waals surface area contributed by atoms with Gasteiger partial charge in [0.25, 0.3) is 5.91 Å². The van der Waals surface area contributed by atoms with Crippen molar-refractivity contribution in [1.82, 2.24) is 10.6 Å². The Labute approximate surface area is 185 Å². The molecular formula is C21H23Cl2N3O4. The smallest absolute Gasteiger partial charge is 0.408 e. The fraction of sp³-hybridized carbons (Fsp3) is 0.286. The Morgan fingerprint density at radius 2 is 1.73 bits per heavy atom. The van der Waals surface area contributed by atoms with E-state index < -0.39 is 17.6 Å². The van der Waals surface area contributed by atoms with Crippen LogP contribution in [0.3, 0.4) is 0 Å². The summed E-state index contributed by atoms with van der Waals surface area (Å²) in [6.07, 6.45) is -0.665. The summed E-state index contributed by atoms with van der Waals surface area (Å²) in [6.45, 7) is 5.21. The first-order valence-electron chi connectivity index (χ1n) is 9.12. The van der Waals surface area contributed by atoms with Crippen molar-refractivity contribution in [2.45, 2.75) is 32.9 Å². The van der Waals surface area contributed by atoms with Crippen LogP contribution in [-0.2, 0) is 16.1 Å². The Kier molecular flexibility index (Phi) is 8.08. The van der Waals surface area contributed by atoms with Gasteiger partial charge in [-0.1, -0.05) is 35.3 Å². The summed E-state index contributed by atoms with van der Waals surface area (Å²) in [7, 11) is 0. The lowest BCUT2D eigenvalue weighted by Crippen LogP contribution is -2.39. The quantitative estimate of drug-likeness (QED) is 0.606. The van der Waals surface area contributed by atoms with Gasteiger partial charge in [0.1, 0.15) is 12.1 Å². The number of anilines is 1. The first-order valence-corrected chi connectivity index (χ1v) is 9.88. The van der Waals surface area contributed by atoms with Crippen LogP contribution in [0.15, 0.2) is 42.5 Å². The Morgan fingerprint density at radius 1 is 1.00 bits per heavy atom. The zero-order valence-electron chi connectivity index (χ0n) is 16.8. The zero-order chi connectivity index (χ0) is 22.3. The second kappa shape index (κ2) is 10.3. The second-order valence-corrected chi connectivity index (χ2v) is 8.25. The van der Waals surface area contributed by atoms with Crippen molar-refractivity contribution in [1.29, 1.82) is 0 Å². The highest BCUT2D eigenvalue weighted by Crippen LogP contribution is 2.22. The van der Waals surface area contributed by atoms with E-state index in [0.717, 1.165) is 5.56 Å². The maximum Gasteiger partial charge on any atom is 0.408 e. The van der Waals surface area contributed by atoms with E-state index in [1.54, 1.807) is 57.2 Å². The van der Waals surface area contributed by atoms with Gasteiger partial charge in [-0.15, -0.1) is 0 Å². The molecule has 0 heterocycles. The normalized spacial score (nSPS) is 10.8. The lowest BCUT2D eigenvalue weighted by atomic mass is 10.1. The molecule has 2 aromatic carbocycles. The van der Waals surface area contributed by atoms with Crippen molar-refractivity contribution >= 4 is 46.8 Å². The van der Waals surface area contributed by atoms with Gasteiger partial charge in [0, 0.05) is 17.3 Å². The number of ether oxygens (including phenoxy) is 1. The maximum absolute atomic E-state index is 12.4. The van der Waals surface area contributed by atoms with Crippen LogP contribution >= 0.6 is 23.2 Å². The van der Waals surface area contributed by atoms with E-state index in [4.69, 9.17) is 27.9 Å². The number of benzene rings is 2. The minimum atomic E-state index is -0.665. The van der Waals surface area contributed by atoms with Crippen molar-refractivity contribution in [2.24, 2.45) is 0 Å². The summed E-state index contributed by atoms with van der Waals surface area (Å²) in [5, 5.41) is 8.51. The van der Waals surface area contributed by atoms with Crippen molar-refractivity contribution in [3.63, 3.8) is 0 Å². The molecule has 0 saturated carbocycles. The van der Waals surface area contributed by atoms with Crippen LogP contribution in [0.1, 0.15) is 36.7 Å². The van der Waals surface area contributed by atoms with Gasteiger partial charge in [0.2, 0.25) is 5.91 Å². The van der Waals surface area contributed by atoms with E-state index in [0.29, 0.717) is 10.7 Å². The number of nitrogens with one attached hydrogen (secondary N) is 3. The Bertz CT molecular complexity index is 942. The molecule has 0 saturated heterocycles. The Balaban J connectivity index is 1.88. The molecule has 7 nitrogen and oxygen atoms in total. The predicted molar refractivity (Wildman–Crippen MR) is 117 cm³/mol. The molecule has 3 N–H and O–H groups in total. The Hall–Kier alpha value is -2.77. The average Bonchev–Trinajstić information content (AvgIpc) is 2.65. The SMILES string of the molecule is CC(C)(C)OC(=O)NCC(=O)NCc1cccc(NC(=O)c2cc(Cl)ccc2Cl)c1. The number of alkyl carbamates (subject to hydrolysis) is 1. The number of amides is 3. The minimum absolute atomic E-state index is 0.210. The molecule has 3 amide bonds. The largest absolute Gasteiger partial charge is 0.444 e. The van der Waals surface area contributed by atoms with Gasteiger partial charge in [0.05, 0.1) is 10.6 Å². The highest BCUT2D eigenvalue weighted by molar-refractivity contribution is 6.36. The van der Waals surface area contributed by atoms with Crippen LogP contribution in [0.25, 0.3) is 0 Å². The number of carbonyl (C=O) groups is 3. The van der Waals surface area contributed by atoms with Gasteiger partial charge in [-0.2, -0.15) is 0 Å². The molecule has 30 heavy (non-hydrogen) atoms. The van der Waals surface area contributed by atoms with E-state index >= 15 is 0 Å². The van der Waals surface area contributed by atoms with Crippen molar-refractivity contribution in [3.8, 4) is 0 Å². The molecule has 9 heteroatoms. The van der Waals surface area contributed by atoms with Crippen molar-refractivity contribution in [3.05, 3.63) is 63.6 Å². The number of hydrogen-bond acceptors (Lipinski definition) is 4. The molecule has 0 aliphatic rings. The third kappa shape index (κ3) is 7.93. The molecule has 0 spiro atoms. The molecule has 0 atom stereocenters. The fourth-order valence-electron chi connectivity index (χ4n) is 2.36. The molecule has 2 aromatic rings. The van der Waals surface area contributed by atoms with Gasteiger partial charge in [0.15, 0.2) is 0 Å². The van der Waals surface area contributed by atoms with Gasteiger partial charge in [-0.25, -0.2) is 4.79 Å².